The topological polar surface area (TPSA) is 40.5 Å². The van der Waals surface area contributed by atoms with Crippen LogP contribution < -0.4 is 0 Å². The highest BCUT2D eigenvalue weighted by atomic mass is 16.4. The lowest BCUT2D eigenvalue weighted by Gasteiger charge is -2.34. The molecule has 1 aliphatic rings. The Kier molecular flexibility index (Phi) is 4.58. The van der Waals surface area contributed by atoms with E-state index in [1.807, 2.05) is 0 Å². The number of rotatable bonds is 5. The Morgan fingerprint density at radius 1 is 1.53 bits per heavy atom. The molecule has 3 nitrogen and oxygen atoms in total. The average Bonchev–Trinajstić information content (AvgIpc) is 2.53. The van der Waals surface area contributed by atoms with Crippen molar-refractivity contribution in [2.24, 2.45) is 5.92 Å². The van der Waals surface area contributed by atoms with E-state index in [1.165, 1.54) is 0 Å². The van der Waals surface area contributed by atoms with Crippen LogP contribution in [0.25, 0.3) is 0 Å². The summed E-state index contributed by atoms with van der Waals surface area (Å²) < 4.78 is 0. The van der Waals surface area contributed by atoms with Crippen molar-refractivity contribution in [2.75, 3.05) is 6.54 Å². The van der Waals surface area contributed by atoms with E-state index in [0.29, 0.717) is 18.4 Å². The molecule has 0 aliphatic carbocycles. The fourth-order valence-corrected chi connectivity index (χ4v) is 2.80. The molecule has 0 aromatic carbocycles. The fraction of sp³-hybridized carbons (Fsp3) is 0.917. The summed E-state index contributed by atoms with van der Waals surface area (Å²) in [7, 11) is 0. The zero-order chi connectivity index (χ0) is 11.4. The maximum Gasteiger partial charge on any atom is 0.304 e. The predicted octanol–water partition coefficient (Wildman–Crippen LogP) is 2.36. The lowest BCUT2D eigenvalue weighted by Crippen LogP contribution is -2.42. The smallest absolute Gasteiger partial charge is 0.304 e. The highest BCUT2D eigenvalue weighted by Crippen LogP contribution is 2.27. The van der Waals surface area contributed by atoms with Crippen LogP contribution in [0.3, 0.4) is 0 Å². The normalized spacial score (nSPS) is 24.7. The van der Waals surface area contributed by atoms with Gasteiger partial charge in [-0.3, -0.25) is 9.69 Å². The Labute approximate surface area is 92.5 Å². The van der Waals surface area contributed by atoms with Crippen LogP contribution >= 0.6 is 0 Å². The van der Waals surface area contributed by atoms with Crippen molar-refractivity contribution in [3.05, 3.63) is 0 Å². The summed E-state index contributed by atoms with van der Waals surface area (Å²) in [5.74, 6) is -0.0464. The third-order valence-corrected chi connectivity index (χ3v) is 3.45. The van der Waals surface area contributed by atoms with Gasteiger partial charge in [-0.1, -0.05) is 20.8 Å². The third kappa shape index (κ3) is 3.20. The van der Waals surface area contributed by atoms with Gasteiger partial charge in [-0.05, 0) is 31.7 Å². The molecular weight excluding hydrogens is 190 g/mol. The van der Waals surface area contributed by atoms with Crippen LogP contribution in [-0.2, 0) is 4.79 Å². The maximum absolute atomic E-state index is 10.8. The number of carbonyl (C=O) groups is 1. The van der Waals surface area contributed by atoms with Gasteiger partial charge < -0.3 is 5.11 Å². The van der Waals surface area contributed by atoms with Gasteiger partial charge >= 0.3 is 5.97 Å². The molecule has 3 heteroatoms. The van der Waals surface area contributed by atoms with Crippen molar-refractivity contribution < 1.29 is 9.90 Å². The first-order valence-corrected chi connectivity index (χ1v) is 6.03. The summed E-state index contributed by atoms with van der Waals surface area (Å²) in [5.41, 5.74) is 0. The number of carboxylic acid groups (broad SMARTS) is 1. The van der Waals surface area contributed by atoms with Crippen LogP contribution in [0.15, 0.2) is 0 Å². The number of nitrogens with zero attached hydrogens (tertiary/aromatic N) is 1. The fourth-order valence-electron chi connectivity index (χ4n) is 2.80. The highest BCUT2D eigenvalue weighted by molar-refractivity contribution is 5.67. The molecule has 1 aliphatic heterocycles. The Bertz CT molecular complexity index is 216. The summed E-state index contributed by atoms with van der Waals surface area (Å²) in [6.07, 6.45) is 3.63. The number of likely N-dealkylation sites (tertiary alicyclic amines) is 1. The molecule has 1 N–H and O–H groups in total. The quantitative estimate of drug-likeness (QED) is 0.762. The first-order valence-electron chi connectivity index (χ1n) is 6.03. The van der Waals surface area contributed by atoms with E-state index >= 15 is 0 Å². The van der Waals surface area contributed by atoms with Gasteiger partial charge in [0.05, 0.1) is 6.42 Å². The molecule has 2 unspecified atom stereocenters. The number of hydrogen-bond acceptors (Lipinski definition) is 2. The summed E-state index contributed by atoms with van der Waals surface area (Å²) >= 11 is 0. The molecule has 0 bridgehead atoms. The Morgan fingerprint density at radius 2 is 2.20 bits per heavy atom. The second-order valence-electron chi connectivity index (χ2n) is 4.85. The second-order valence-corrected chi connectivity index (χ2v) is 4.85. The molecule has 0 spiro atoms. The zero-order valence-electron chi connectivity index (χ0n) is 10.1. The molecule has 0 radical (unpaired) electrons. The Morgan fingerprint density at radius 3 is 2.67 bits per heavy atom. The lowest BCUT2D eigenvalue weighted by molar-refractivity contribution is -0.138. The van der Waals surface area contributed by atoms with Crippen LogP contribution in [0.5, 0.6) is 0 Å². The van der Waals surface area contributed by atoms with Crippen molar-refractivity contribution in [3.63, 3.8) is 0 Å². The summed E-state index contributed by atoms with van der Waals surface area (Å²) in [6.45, 7) is 7.73. The van der Waals surface area contributed by atoms with Crippen LogP contribution in [0.4, 0.5) is 0 Å². The lowest BCUT2D eigenvalue weighted by atomic mass is 9.98. The minimum atomic E-state index is -0.662. The molecule has 1 heterocycles. The monoisotopic (exact) mass is 213 g/mol. The van der Waals surface area contributed by atoms with Gasteiger partial charge in [0.15, 0.2) is 0 Å². The summed E-state index contributed by atoms with van der Waals surface area (Å²) in [5, 5.41) is 8.86. The van der Waals surface area contributed by atoms with E-state index in [1.54, 1.807) is 0 Å². The van der Waals surface area contributed by atoms with E-state index < -0.39 is 5.97 Å². The molecule has 0 amide bonds. The molecule has 1 fully saturated rings. The van der Waals surface area contributed by atoms with E-state index in [2.05, 4.69) is 25.7 Å². The minimum Gasteiger partial charge on any atom is -0.481 e. The van der Waals surface area contributed by atoms with Crippen molar-refractivity contribution in [1.82, 2.24) is 4.90 Å². The first kappa shape index (κ1) is 12.5. The van der Waals surface area contributed by atoms with Gasteiger partial charge in [0.25, 0.3) is 0 Å². The largest absolute Gasteiger partial charge is 0.481 e. The zero-order valence-corrected chi connectivity index (χ0v) is 10.1. The van der Waals surface area contributed by atoms with Crippen LogP contribution in [0, 0.1) is 5.92 Å². The van der Waals surface area contributed by atoms with E-state index in [4.69, 9.17) is 5.11 Å². The Hall–Kier alpha value is -0.570. The highest BCUT2D eigenvalue weighted by Gasteiger charge is 2.32. The molecule has 1 saturated heterocycles. The molecule has 15 heavy (non-hydrogen) atoms. The van der Waals surface area contributed by atoms with Gasteiger partial charge in [0.1, 0.15) is 0 Å². The molecule has 0 aromatic heterocycles. The SMILES string of the molecule is CCC(C(C)C)N1CCCC1CC(=O)O. The first-order chi connectivity index (χ1) is 7.06. The number of hydrogen-bond donors (Lipinski definition) is 1. The molecule has 0 aromatic rings. The molecular formula is C12H23NO2. The van der Waals surface area contributed by atoms with Gasteiger partial charge in [-0.25, -0.2) is 0 Å². The van der Waals surface area contributed by atoms with Crippen molar-refractivity contribution in [2.45, 2.75) is 58.5 Å². The molecule has 88 valence electrons. The van der Waals surface area contributed by atoms with Crippen molar-refractivity contribution >= 4 is 5.97 Å². The van der Waals surface area contributed by atoms with Crippen LogP contribution in [0.2, 0.25) is 0 Å². The van der Waals surface area contributed by atoms with E-state index in [-0.39, 0.29) is 6.04 Å². The molecule has 1 rings (SSSR count). The van der Waals surface area contributed by atoms with Crippen LogP contribution in [-0.4, -0.2) is 34.6 Å². The third-order valence-electron chi connectivity index (χ3n) is 3.45. The maximum atomic E-state index is 10.8. The van der Waals surface area contributed by atoms with E-state index in [0.717, 1.165) is 25.8 Å². The van der Waals surface area contributed by atoms with Crippen LogP contribution in [0.1, 0.15) is 46.5 Å². The minimum absolute atomic E-state index is 0.273. The Balaban J connectivity index is 2.61. The summed E-state index contributed by atoms with van der Waals surface area (Å²) in [4.78, 5) is 13.2. The van der Waals surface area contributed by atoms with Gasteiger partial charge in [0, 0.05) is 12.1 Å². The molecule has 0 saturated carbocycles. The predicted molar refractivity (Wildman–Crippen MR) is 60.9 cm³/mol. The van der Waals surface area contributed by atoms with Crippen molar-refractivity contribution in [3.8, 4) is 0 Å². The van der Waals surface area contributed by atoms with Gasteiger partial charge in [-0.15, -0.1) is 0 Å². The number of aliphatic carboxylic acids is 1. The average molecular weight is 213 g/mol. The summed E-state index contributed by atoms with van der Waals surface area (Å²) in [6, 6.07) is 0.826. The van der Waals surface area contributed by atoms with Gasteiger partial charge in [0.2, 0.25) is 0 Å². The number of carboxylic acids is 1. The van der Waals surface area contributed by atoms with E-state index in [9.17, 15) is 4.79 Å². The van der Waals surface area contributed by atoms with Gasteiger partial charge in [-0.2, -0.15) is 0 Å². The second kappa shape index (κ2) is 5.50. The standard InChI is InChI=1S/C12H23NO2/c1-4-11(9(2)3)13-7-5-6-10(13)8-12(14)15/h9-11H,4-8H2,1-3H3,(H,14,15). The molecule has 2 atom stereocenters. The van der Waals surface area contributed by atoms with Crippen molar-refractivity contribution in [1.29, 1.82) is 0 Å².